The number of methoxy groups -OCH3 is 1. The molecular formula is C14H23N3O2. The second kappa shape index (κ2) is 7.76. The van der Waals surface area contributed by atoms with Gasteiger partial charge in [-0.05, 0) is 25.0 Å². The zero-order valence-corrected chi connectivity index (χ0v) is 11.6. The van der Waals surface area contributed by atoms with E-state index >= 15 is 0 Å². The van der Waals surface area contributed by atoms with Crippen molar-refractivity contribution in [3.8, 4) is 0 Å². The Labute approximate surface area is 114 Å². The van der Waals surface area contributed by atoms with Crippen molar-refractivity contribution in [3.63, 3.8) is 0 Å². The number of anilines is 1. The van der Waals surface area contributed by atoms with E-state index in [1.165, 1.54) is 0 Å². The van der Waals surface area contributed by atoms with Crippen molar-refractivity contribution in [1.29, 1.82) is 0 Å². The van der Waals surface area contributed by atoms with E-state index in [0.29, 0.717) is 13.2 Å². The van der Waals surface area contributed by atoms with Crippen LogP contribution in [0.25, 0.3) is 0 Å². The standard InChI is InChI=1S/C14H23N3O2/c1-11(7-8-19-2)17(10-14(16)18)9-12-5-3-4-6-13(12)15/h3-6,11H,7-10,15H2,1-2H3,(H2,16,18). The molecule has 106 valence electrons. The predicted molar refractivity (Wildman–Crippen MR) is 76.4 cm³/mol. The monoisotopic (exact) mass is 265 g/mol. The van der Waals surface area contributed by atoms with Crippen molar-refractivity contribution < 1.29 is 9.53 Å². The van der Waals surface area contributed by atoms with Crippen LogP contribution in [0.5, 0.6) is 0 Å². The van der Waals surface area contributed by atoms with Crippen molar-refractivity contribution in [2.75, 3.05) is 26.0 Å². The number of para-hydroxylation sites is 1. The van der Waals surface area contributed by atoms with Gasteiger partial charge >= 0.3 is 0 Å². The number of carbonyl (C=O) groups is 1. The third-order valence-electron chi connectivity index (χ3n) is 3.15. The zero-order valence-electron chi connectivity index (χ0n) is 11.6. The van der Waals surface area contributed by atoms with Gasteiger partial charge in [-0.15, -0.1) is 0 Å². The molecule has 0 aliphatic heterocycles. The Kier molecular flexibility index (Phi) is 6.32. The smallest absolute Gasteiger partial charge is 0.231 e. The molecular weight excluding hydrogens is 242 g/mol. The molecule has 0 aliphatic rings. The number of rotatable bonds is 8. The number of nitrogen functional groups attached to an aromatic ring is 1. The highest BCUT2D eigenvalue weighted by Crippen LogP contribution is 2.16. The van der Waals surface area contributed by atoms with E-state index in [0.717, 1.165) is 17.7 Å². The Morgan fingerprint density at radius 2 is 2.11 bits per heavy atom. The summed E-state index contributed by atoms with van der Waals surface area (Å²) in [5.74, 6) is -0.334. The Bertz CT molecular complexity index is 409. The maximum Gasteiger partial charge on any atom is 0.231 e. The predicted octanol–water partition coefficient (Wildman–Crippen LogP) is 0.981. The fraction of sp³-hybridized carbons (Fsp3) is 0.500. The maximum atomic E-state index is 11.2. The molecule has 0 saturated heterocycles. The number of ether oxygens (including phenoxy) is 1. The van der Waals surface area contributed by atoms with Crippen LogP contribution < -0.4 is 11.5 Å². The van der Waals surface area contributed by atoms with Gasteiger partial charge in [-0.1, -0.05) is 18.2 Å². The van der Waals surface area contributed by atoms with Crippen LogP contribution in [0.15, 0.2) is 24.3 Å². The first-order valence-corrected chi connectivity index (χ1v) is 6.39. The summed E-state index contributed by atoms with van der Waals surface area (Å²) in [6, 6.07) is 7.86. The van der Waals surface area contributed by atoms with E-state index in [9.17, 15) is 4.79 Å². The van der Waals surface area contributed by atoms with Crippen LogP contribution in [0.1, 0.15) is 18.9 Å². The third kappa shape index (κ3) is 5.28. The third-order valence-corrected chi connectivity index (χ3v) is 3.15. The van der Waals surface area contributed by atoms with Crippen molar-refractivity contribution in [2.45, 2.75) is 25.9 Å². The lowest BCUT2D eigenvalue weighted by Gasteiger charge is -2.28. The number of benzene rings is 1. The van der Waals surface area contributed by atoms with Gasteiger partial charge in [0, 0.05) is 32.0 Å². The number of amides is 1. The van der Waals surface area contributed by atoms with Crippen molar-refractivity contribution >= 4 is 11.6 Å². The average Bonchev–Trinajstić information content (AvgIpc) is 2.37. The molecule has 0 fully saturated rings. The minimum absolute atomic E-state index is 0.201. The van der Waals surface area contributed by atoms with Crippen LogP contribution in [-0.4, -0.2) is 37.1 Å². The lowest BCUT2D eigenvalue weighted by Crippen LogP contribution is -2.40. The quantitative estimate of drug-likeness (QED) is 0.687. The molecule has 1 atom stereocenters. The van der Waals surface area contributed by atoms with Crippen LogP contribution in [-0.2, 0) is 16.1 Å². The minimum Gasteiger partial charge on any atom is -0.398 e. The van der Waals surface area contributed by atoms with Crippen LogP contribution in [0.3, 0.4) is 0 Å². The summed E-state index contributed by atoms with van der Waals surface area (Å²) in [5, 5.41) is 0. The van der Waals surface area contributed by atoms with Gasteiger partial charge in [-0.2, -0.15) is 0 Å². The van der Waals surface area contributed by atoms with Crippen LogP contribution in [0, 0.1) is 0 Å². The molecule has 0 bridgehead atoms. The van der Waals surface area contributed by atoms with Gasteiger partial charge in [0.25, 0.3) is 0 Å². The van der Waals surface area contributed by atoms with Crippen molar-refractivity contribution in [2.24, 2.45) is 5.73 Å². The fourth-order valence-electron chi connectivity index (χ4n) is 1.94. The lowest BCUT2D eigenvalue weighted by molar-refractivity contribution is -0.119. The molecule has 1 aromatic rings. The molecule has 5 nitrogen and oxygen atoms in total. The Hall–Kier alpha value is -1.59. The van der Waals surface area contributed by atoms with Crippen LogP contribution in [0.4, 0.5) is 5.69 Å². The zero-order chi connectivity index (χ0) is 14.3. The molecule has 0 spiro atoms. The second-order valence-corrected chi connectivity index (χ2v) is 4.70. The molecule has 0 aliphatic carbocycles. The molecule has 5 heteroatoms. The molecule has 0 heterocycles. The second-order valence-electron chi connectivity index (χ2n) is 4.70. The Morgan fingerprint density at radius 3 is 2.68 bits per heavy atom. The Morgan fingerprint density at radius 1 is 1.42 bits per heavy atom. The molecule has 1 rings (SSSR count). The summed E-state index contributed by atoms with van der Waals surface area (Å²) in [6.07, 6.45) is 0.844. The number of nitrogens with two attached hydrogens (primary N) is 2. The van der Waals surface area contributed by atoms with Crippen LogP contribution >= 0.6 is 0 Å². The van der Waals surface area contributed by atoms with Gasteiger partial charge in [-0.25, -0.2) is 0 Å². The van der Waals surface area contributed by atoms with E-state index in [1.54, 1.807) is 7.11 Å². The van der Waals surface area contributed by atoms with E-state index in [1.807, 2.05) is 29.2 Å². The van der Waals surface area contributed by atoms with Gasteiger partial charge in [-0.3, -0.25) is 9.69 Å². The molecule has 0 saturated carbocycles. The van der Waals surface area contributed by atoms with Crippen LogP contribution in [0.2, 0.25) is 0 Å². The van der Waals surface area contributed by atoms with Gasteiger partial charge in [0.15, 0.2) is 0 Å². The number of carbonyl (C=O) groups excluding carboxylic acids is 1. The summed E-state index contributed by atoms with van der Waals surface area (Å²) in [5.41, 5.74) is 13.0. The topological polar surface area (TPSA) is 81.6 Å². The number of hydrogen-bond acceptors (Lipinski definition) is 4. The Balaban J connectivity index is 2.74. The summed E-state index contributed by atoms with van der Waals surface area (Å²) < 4.78 is 5.07. The molecule has 1 aromatic carbocycles. The summed E-state index contributed by atoms with van der Waals surface area (Å²) >= 11 is 0. The van der Waals surface area contributed by atoms with Crippen molar-refractivity contribution in [3.05, 3.63) is 29.8 Å². The number of hydrogen-bond donors (Lipinski definition) is 2. The maximum absolute atomic E-state index is 11.2. The fourth-order valence-corrected chi connectivity index (χ4v) is 1.94. The highest BCUT2D eigenvalue weighted by Gasteiger charge is 2.17. The first-order chi connectivity index (χ1) is 9.04. The molecule has 19 heavy (non-hydrogen) atoms. The summed E-state index contributed by atoms with van der Waals surface area (Å²) in [4.78, 5) is 13.2. The lowest BCUT2D eigenvalue weighted by atomic mass is 10.1. The SMILES string of the molecule is COCCC(C)N(CC(N)=O)Cc1ccccc1N. The number of primary amides is 1. The van der Waals surface area contributed by atoms with Gasteiger partial charge in [0.2, 0.25) is 5.91 Å². The van der Waals surface area contributed by atoms with E-state index in [2.05, 4.69) is 6.92 Å². The van der Waals surface area contributed by atoms with E-state index in [-0.39, 0.29) is 18.5 Å². The first-order valence-electron chi connectivity index (χ1n) is 6.39. The van der Waals surface area contributed by atoms with Gasteiger partial charge in [0.1, 0.15) is 0 Å². The number of nitrogens with zero attached hydrogens (tertiary/aromatic N) is 1. The molecule has 4 N–H and O–H groups in total. The molecule has 0 aromatic heterocycles. The minimum atomic E-state index is -0.334. The van der Waals surface area contributed by atoms with Gasteiger partial charge in [0.05, 0.1) is 6.54 Å². The van der Waals surface area contributed by atoms with E-state index < -0.39 is 0 Å². The highest BCUT2D eigenvalue weighted by atomic mass is 16.5. The average molecular weight is 265 g/mol. The first kappa shape index (κ1) is 15.5. The molecule has 0 radical (unpaired) electrons. The molecule has 1 amide bonds. The van der Waals surface area contributed by atoms with E-state index in [4.69, 9.17) is 16.2 Å². The highest BCUT2D eigenvalue weighted by molar-refractivity contribution is 5.76. The van der Waals surface area contributed by atoms with Gasteiger partial charge < -0.3 is 16.2 Å². The summed E-state index contributed by atoms with van der Waals surface area (Å²) in [6.45, 7) is 3.54. The largest absolute Gasteiger partial charge is 0.398 e. The summed E-state index contributed by atoms with van der Waals surface area (Å²) in [7, 11) is 1.67. The normalized spacial score (nSPS) is 12.6. The van der Waals surface area contributed by atoms with Crippen molar-refractivity contribution in [1.82, 2.24) is 4.90 Å². The molecule has 1 unspecified atom stereocenters.